The standard InChI is InChI=1S/C22H15F4N7O3/c1-11-8-28-18(6-14(11)22(24,25)26)32-21(35)17-5-12(33-36-17)9-29-20(34)16-7-15(30-10-31-16)13-3-2-4-27-19(13)23/h2-8,10H,9H2,1H3,(H,29,34)(H,28,32,35). The van der Waals surface area contributed by atoms with Crippen LogP contribution in [0.1, 0.15) is 37.9 Å². The predicted octanol–water partition coefficient (Wildman–Crippen LogP) is 3.57. The fourth-order valence-electron chi connectivity index (χ4n) is 3.04. The molecule has 36 heavy (non-hydrogen) atoms. The van der Waals surface area contributed by atoms with Gasteiger partial charge in [0.1, 0.15) is 23.5 Å². The highest BCUT2D eigenvalue weighted by Crippen LogP contribution is 2.32. The van der Waals surface area contributed by atoms with E-state index in [0.29, 0.717) is 6.07 Å². The molecule has 0 aromatic carbocycles. The molecule has 14 heteroatoms. The average Bonchev–Trinajstić information content (AvgIpc) is 3.33. The van der Waals surface area contributed by atoms with E-state index in [4.69, 9.17) is 4.52 Å². The van der Waals surface area contributed by atoms with Gasteiger partial charge in [-0.1, -0.05) is 5.16 Å². The fourth-order valence-corrected chi connectivity index (χ4v) is 3.04. The zero-order valence-corrected chi connectivity index (χ0v) is 18.3. The Morgan fingerprint density at radius 3 is 2.61 bits per heavy atom. The van der Waals surface area contributed by atoms with E-state index in [0.717, 1.165) is 12.5 Å². The number of pyridine rings is 2. The molecule has 0 radical (unpaired) electrons. The molecule has 0 aliphatic heterocycles. The topological polar surface area (TPSA) is 136 Å². The van der Waals surface area contributed by atoms with Gasteiger partial charge in [-0.3, -0.25) is 9.59 Å². The number of carbonyl (C=O) groups excluding carboxylic acids is 2. The summed E-state index contributed by atoms with van der Waals surface area (Å²) in [7, 11) is 0. The van der Waals surface area contributed by atoms with Crippen LogP contribution >= 0.6 is 0 Å². The lowest BCUT2D eigenvalue weighted by atomic mass is 10.1. The Balaban J connectivity index is 1.39. The number of aromatic nitrogens is 5. The van der Waals surface area contributed by atoms with Crippen molar-refractivity contribution in [2.75, 3.05) is 5.32 Å². The molecule has 0 bridgehead atoms. The van der Waals surface area contributed by atoms with Gasteiger partial charge < -0.3 is 15.2 Å². The molecule has 0 saturated heterocycles. The summed E-state index contributed by atoms with van der Waals surface area (Å²) >= 11 is 0. The average molecular weight is 501 g/mol. The van der Waals surface area contributed by atoms with Crippen molar-refractivity contribution in [3.63, 3.8) is 0 Å². The van der Waals surface area contributed by atoms with Gasteiger partial charge in [0, 0.05) is 18.5 Å². The molecule has 10 nitrogen and oxygen atoms in total. The highest BCUT2D eigenvalue weighted by atomic mass is 19.4. The van der Waals surface area contributed by atoms with E-state index in [9.17, 15) is 27.2 Å². The van der Waals surface area contributed by atoms with Gasteiger partial charge in [0.15, 0.2) is 0 Å². The van der Waals surface area contributed by atoms with Crippen molar-refractivity contribution in [2.45, 2.75) is 19.6 Å². The Morgan fingerprint density at radius 1 is 1.06 bits per heavy atom. The molecular formula is C22H15F4N7O3. The molecule has 4 aromatic rings. The number of anilines is 1. The lowest BCUT2D eigenvalue weighted by Gasteiger charge is -2.11. The maximum Gasteiger partial charge on any atom is 0.416 e. The van der Waals surface area contributed by atoms with Crippen LogP contribution in [-0.4, -0.2) is 36.9 Å². The Labute approximate surface area is 199 Å². The third kappa shape index (κ3) is 5.48. The SMILES string of the molecule is Cc1cnc(NC(=O)c2cc(CNC(=O)c3cc(-c4cccnc4F)ncn3)no2)cc1C(F)(F)F. The van der Waals surface area contributed by atoms with Crippen LogP contribution in [0.4, 0.5) is 23.4 Å². The van der Waals surface area contributed by atoms with Gasteiger partial charge in [-0.15, -0.1) is 0 Å². The lowest BCUT2D eigenvalue weighted by Crippen LogP contribution is -2.24. The molecule has 0 unspecified atom stereocenters. The second-order valence-electron chi connectivity index (χ2n) is 7.33. The molecule has 2 N–H and O–H groups in total. The molecular weight excluding hydrogens is 486 g/mol. The first-order chi connectivity index (χ1) is 17.1. The van der Waals surface area contributed by atoms with Crippen molar-refractivity contribution in [2.24, 2.45) is 0 Å². The third-order valence-corrected chi connectivity index (χ3v) is 4.80. The van der Waals surface area contributed by atoms with Crippen LogP contribution in [0, 0.1) is 12.9 Å². The number of hydrogen-bond donors (Lipinski definition) is 2. The summed E-state index contributed by atoms with van der Waals surface area (Å²) in [5, 5.41) is 8.37. The number of hydrogen-bond acceptors (Lipinski definition) is 8. The lowest BCUT2D eigenvalue weighted by molar-refractivity contribution is -0.138. The van der Waals surface area contributed by atoms with E-state index in [1.54, 1.807) is 0 Å². The largest absolute Gasteiger partial charge is 0.416 e. The van der Waals surface area contributed by atoms with Crippen molar-refractivity contribution < 1.29 is 31.7 Å². The summed E-state index contributed by atoms with van der Waals surface area (Å²) in [5.41, 5.74) is -0.705. The number of nitrogens with one attached hydrogen (secondary N) is 2. The van der Waals surface area contributed by atoms with Gasteiger partial charge in [-0.05, 0) is 36.8 Å². The van der Waals surface area contributed by atoms with E-state index < -0.39 is 29.5 Å². The van der Waals surface area contributed by atoms with Gasteiger partial charge in [0.05, 0.1) is 23.4 Å². The predicted molar refractivity (Wildman–Crippen MR) is 115 cm³/mol. The summed E-state index contributed by atoms with van der Waals surface area (Å²) in [6, 6.07) is 6.15. The monoisotopic (exact) mass is 501 g/mol. The number of carbonyl (C=O) groups is 2. The number of rotatable bonds is 6. The van der Waals surface area contributed by atoms with Gasteiger partial charge in [0.2, 0.25) is 11.7 Å². The molecule has 0 saturated carbocycles. The highest BCUT2D eigenvalue weighted by Gasteiger charge is 2.33. The zero-order chi connectivity index (χ0) is 25.9. The van der Waals surface area contributed by atoms with Crippen LogP contribution in [0.3, 0.4) is 0 Å². The molecule has 4 rings (SSSR count). The van der Waals surface area contributed by atoms with Crippen molar-refractivity contribution in [1.29, 1.82) is 0 Å². The maximum absolute atomic E-state index is 13.9. The van der Waals surface area contributed by atoms with Gasteiger partial charge in [-0.25, -0.2) is 19.9 Å². The first kappa shape index (κ1) is 24.4. The molecule has 2 amide bonds. The minimum atomic E-state index is -4.61. The first-order valence-corrected chi connectivity index (χ1v) is 10.1. The number of alkyl halides is 3. The molecule has 0 aliphatic carbocycles. The maximum atomic E-state index is 13.9. The number of aryl methyl sites for hydroxylation is 1. The van der Waals surface area contributed by atoms with E-state index in [1.165, 1.54) is 37.4 Å². The van der Waals surface area contributed by atoms with E-state index in [2.05, 4.69) is 35.7 Å². The Kier molecular flexibility index (Phi) is 6.67. The van der Waals surface area contributed by atoms with Crippen LogP contribution in [0.25, 0.3) is 11.3 Å². The van der Waals surface area contributed by atoms with E-state index in [-0.39, 0.29) is 46.3 Å². The Hall–Kier alpha value is -4.75. The summed E-state index contributed by atoms with van der Waals surface area (Å²) in [6.07, 6.45) is -1.25. The first-order valence-electron chi connectivity index (χ1n) is 10.1. The van der Waals surface area contributed by atoms with Crippen molar-refractivity contribution >= 4 is 17.6 Å². The van der Waals surface area contributed by atoms with Gasteiger partial charge in [-0.2, -0.15) is 17.6 Å². The summed E-state index contributed by atoms with van der Waals surface area (Å²) in [5.74, 6) is -2.92. The minimum absolute atomic E-state index is 0.0596. The van der Waals surface area contributed by atoms with Crippen molar-refractivity contribution in [3.8, 4) is 11.3 Å². The quantitative estimate of drug-likeness (QED) is 0.302. The van der Waals surface area contributed by atoms with Crippen LogP contribution in [0.2, 0.25) is 0 Å². The van der Waals surface area contributed by atoms with E-state index >= 15 is 0 Å². The number of nitrogens with zero attached hydrogens (tertiary/aromatic N) is 5. The minimum Gasteiger partial charge on any atom is -0.351 e. The second-order valence-corrected chi connectivity index (χ2v) is 7.33. The van der Waals surface area contributed by atoms with Crippen molar-refractivity contribution in [3.05, 3.63) is 83.3 Å². The fraction of sp³-hybridized carbons (Fsp3) is 0.136. The van der Waals surface area contributed by atoms with Crippen LogP contribution < -0.4 is 10.6 Å². The van der Waals surface area contributed by atoms with Crippen LogP contribution in [-0.2, 0) is 12.7 Å². The molecule has 0 spiro atoms. The molecule has 0 atom stereocenters. The molecule has 4 heterocycles. The number of halogens is 4. The molecule has 0 fully saturated rings. The summed E-state index contributed by atoms with van der Waals surface area (Å²) in [6.45, 7) is 1.08. The second kappa shape index (κ2) is 9.85. The van der Waals surface area contributed by atoms with Crippen LogP contribution in [0.15, 0.2) is 53.6 Å². The number of amides is 2. The normalized spacial score (nSPS) is 11.2. The molecule has 0 aliphatic rings. The van der Waals surface area contributed by atoms with E-state index in [1.807, 2.05) is 0 Å². The highest BCUT2D eigenvalue weighted by molar-refractivity contribution is 6.01. The van der Waals surface area contributed by atoms with Gasteiger partial charge in [0.25, 0.3) is 11.8 Å². The Bertz CT molecular complexity index is 1440. The summed E-state index contributed by atoms with van der Waals surface area (Å²) < 4.78 is 58.0. The third-order valence-electron chi connectivity index (χ3n) is 4.80. The molecule has 184 valence electrons. The Morgan fingerprint density at radius 2 is 1.86 bits per heavy atom. The van der Waals surface area contributed by atoms with Crippen LogP contribution in [0.5, 0.6) is 0 Å². The van der Waals surface area contributed by atoms with Crippen molar-refractivity contribution in [1.82, 2.24) is 30.4 Å². The molecule has 4 aromatic heterocycles. The smallest absolute Gasteiger partial charge is 0.351 e. The zero-order valence-electron chi connectivity index (χ0n) is 18.3. The van der Waals surface area contributed by atoms with Gasteiger partial charge >= 0.3 is 6.18 Å². The summed E-state index contributed by atoms with van der Waals surface area (Å²) in [4.78, 5) is 39.9.